The number of nitrogens with two attached hydrogens (primary N) is 1. The SMILES string of the molecule is C=CC(=Nc1ccccc1N)C1CC=NN1C. The van der Waals surface area contributed by atoms with Crippen LogP contribution in [0.3, 0.4) is 0 Å². The Morgan fingerprint density at radius 3 is 2.94 bits per heavy atom. The van der Waals surface area contributed by atoms with Gasteiger partial charge in [0.1, 0.15) is 0 Å². The Bertz CT molecular complexity index is 476. The van der Waals surface area contributed by atoms with Crippen molar-refractivity contribution in [2.45, 2.75) is 12.5 Å². The summed E-state index contributed by atoms with van der Waals surface area (Å²) in [6.45, 7) is 3.81. The van der Waals surface area contributed by atoms with Crippen LogP contribution in [-0.2, 0) is 0 Å². The second-order valence-corrected chi connectivity index (χ2v) is 3.92. The highest BCUT2D eigenvalue weighted by molar-refractivity contribution is 6.02. The van der Waals surface area contributed by atoms with E-state index in [1.54, 1.807) is 6.08 Å². The zero-order valence-corrected chi connectivity index (χ0v) is 9.87. The van der Waals surface area contributed by atoms with Gasteiger partial charge in [0, 0.05) is 19.7 Å². The van der Waals surface area contributed by atoms with Crippen molar-refractivity contribution in [2.24, 2.45) is 10.1 Å². The van der Waals surface area contributed by atoms with Crippen molar-refractivity contribution in [3.8, 4) is 0 Å². The van der Waals surface area contributed by atoms with Crippen LogP contribution < -0.4 is 5.73 Å². The molecule has 0 spiro atoms. The maximum Gasteiger partial charge on any atom is 0.0937 e. The molecule has 0 amide bonds. The molecule has 2 rings (SSSR count). The molecule has 0 saturated heterocycles. The number of rotatable bonds is 3. The van der Waals surface area contributed by atoms with Gasteiger partial charge in [-0.3, -0.25) is 5.01 Å². The molecule has 2 N–H and O–H groups in total. The Labute approximate surface area is 101 Å². The fourth-order valence-corrected chi connectivity index (χ4v) is 1.81. The minimum atomic E-state index is 0.159. The lowest BCUT2D eigenvalue weighted by molar-refractivity contribution is 0.346. The molecule has 4 heteroatoms. The smallest absolute Gasteiger partial charge is 0.0937 e. The predicted molar refractivity (Wildman–Crippen MR) is 72.8 cm³/mol. The summed E-state index contributed by atoms with van der Waals surface area (Å²) in [7, 11) is 1.93. The van der Waals surface area contributed by atoms with Crippen LogP contribution in [0.2, 0.25) is 0 Å². The summed E-state index contributed by atoms with van der Waals surface area (Å²) in [5.74, 6) is 0. The quantitative estimate of drug-likeness (QED) is 0.637. The van der Waals surface area contributed by atoms with Crippen LogP contribution in [0.25, 0.3) is 0 Å². The minimum absolute atomic E-state index is 0.159. The molecule has 0 fully saturated rings. The van der Waals surface area contributed by atoms with E-state index in [2.05, 4.69) is 16.7 Å². The molecule has 1 unspecified atom stereocenters. The molecular weight excluding hydrogens is 212 g/mol. The Balaban J connectivity index is 2.30. The third-order valence-electron chi connectivity index (χ3n) is 2.78. The largest absolute Gasteiger partial charge is 0.397 e. The first-order chi connectivity index (χ1) is 8.22. The summed E-state index contributed by atoms with van der Waals surface area (Å²) in [5.41, 5.74) is 8.22. The van der Waals surface area contributed by atoms with E-state index in [1.165, 1.54) is 0 Å². The number of nitrogens with zero attached hydrogens (tertiary/aromatic N) is 3. The number of hydrogen-bond donors (Lipinski definition) is 1. The Kier molecular flexibility index (Phi) is 3.23. The van der Waals surface area contributed by atoms with E-state index in [9.17, 15) is 0 Å². The van der Waals surface area contributed by atoms with Gasteiger partial charge in [-0.05, 0) is 18.2 Å². The highest BCUT2D eigenvalue weighted by Gasteiger charge is 2.21. The average Bonchev–Trinajstić information content (AvgIpc) is 2.75. The first-order valence-electron chi connectivity index (χ1n) is 5.53. The second-order valence-electron chi connectivity index (χ2n) is 3.92. The molecular formula is C13H16N4. The van der Waals surface area contributed by atoms with Crippen molar-refractivity contribution in [3.63, 3.8) is 0 Å². The molecule has 1 aromatic rings. The fourth-order valence-electron chi connectivity index (χ4n) is 1.81. The summed E-state index contributed by atoms with van der Waals surface area (Å²) < 4.78 is 0. The van der Waals surface area contributed by atoms with Crippen molar-refractivity contribution in [1.29, 1.82) is 0 Å². The maximum absolute atomic E-state index is 5.87. The lowest BCUT2D eigenvalue weighted by Crippen LogP contribution is -2.30. The number of hydrazone groups is 1. The van der Waals surface area contributed by atoms with E-state index in [-0.39, 0.29) is 6.04 Å². The molecule has 1 aliphatic rings. The van der Waals surface area contributed by atoms with Gasteiger partial charge in [-0.1, -0.05) is 18.7 Å². The lowest BCUT2D eigenvalue weighted by atomic mass is 10.1. The van der Waals surface area contributed by atoms with E-state index < -0.39 is 0 Å². The van der Waals surface area contributed by atoms with E-state index >= 15 is 0 Å². The van der Waals surface area contributed by atoms with E-state index in [0.717, 1.165) is 17.8 Å². The number of aliphatic imine (C=N–C) groups is 1. The number of para-hydroxylation sites is 2. The van der Waals surface area contributed by atoms with Crippen LogP contribution in [0.1, 0.15) is 6.42 Å². The highest BCUT2D eigenvalue weighted by atomic mass is 15.5. The number of nitrogen functional groups attached to an aromatic ring is 1. The molecule has 1 aromatic carbocycles. The molecule has 17 heavy (non-hydrogen) atoms. The summed E-state index contributed by atoms with van der Waals surface area (Å²) in [5, 5.41) is 6.09. The van der Waals surface area contributed by atoms with Gasteiger partial charge in [-0.2, -0.15) is 5.10 Å². The van der Waals surface area contributed by atoms with Crippen LogP contribution in [0.5, 0.6) is 0 Å². The number of hydrogen-bond acceptors (Lipinski definition) is 4. The molecule has 1 atom stereocenters. The van der Waals surface area contributed by atoms with Gasteiger partial charge in [0.25, 0.3) is 0 Å². The van der Waals surface area contributed by atoms with Crippen LogP contribution in [0, 0.1) is 0 Å². The van der Waals surface area contributed by atoms with Gasteiger partial charge in [0.2, 0.25) is 0 Å². The van der Waals surface area contributed by atoms with Crippen LogP contribution >= 0.6 is 0 Å². The average molecular weight is 228 g/mol. The zero-order valence-electron chi connectivity index (χ0n) is 9.87. The fraction of sp³-hybridized carbons (Fsp3) is 0.231. The second kappa shape index (κ2) is 4.82. The maximum atomic E-state index is 5.87. The molecule has 4 nitrogen and oxygen atoms in total. The van der Waals surface area contributed by atoms with Crippen molar-refractivity contribution < 1.29 is 0 Å². The standard InChI is InChI=1S/C13H16N4/c1-3-11(13-8-9-15-17(13)2)16-12-7-5-4-6-10(12)14/h3-7,9,13H,1,8,14H2,2H3. The predicted octanol–water partition coefficient (Wildman–Crippen LogP) is 2.22. The van der Waals surface area contributed by atoms with Crippen molar-refractivity contribution >= 4 is 23.3 Å². The van der Waals surface area contributed by atoms with E-state index in [1.807, 2.05) is 42.5 Å². The highest BCUT2D eigenvalue weighted by Crippen LogP contribution is 2.23. The summed E-state index contributed by atoms with van der Waals surface area (Å²) in [4.78, 5) is 4.56. The molecule has 88 valence electrons. The Morgan fingerprint density at radius 1 is 1.59 bits per heavy atom. The van der Waals surface area contributed by atoms with E-state index in [4.69, 9.17) is 5.73 Å². The van der Waals surface area contributed by atoms with Crippen LogP contribution in [-0.4, -0.2) is 30.0 Å². The molecule has 0 radical (unpaired) electrons. The van der Waals surface area contributed by atoms with Crippen molar-refractivity contribution in [2.75, 3.05) is 12.8 Å². The van der Waals surface area contributed by atoms with Gasteiger partial charge in [0.15, 0.2) is 0 Å². The number of benzene rings is 1. The van der Waals surface area contributed by atoms with Crippen LogP contribution in [0.4, 0.5) is 11.4 Å². The third kappa shape index (κ3) is 2.36. The number of anilines is 1. The molecule has 0 aromatic heterocycles. The normalized spacial score (nSPS) is 19.7. The van der Waals surface area contributed by atoms with Gasteiger partial charge >= 0.3 is 0 Å². The Hall–Kier alpha value is -2.10. The summed E-state index contributed by atoms with van der Waals surface area (Å²) in [6, 6.07) is 7.72. The van der Waals surface area contributed by atoms with Crippen molar-refractivity contribution in [1.82, 2.24) is 5.01 Å². The monoisotopic (exact) mass is 228 g/mol. The van der Waals surface area contributed by atoms with E-state index in [0.29, 0.717) is 5.69 Å². The molecule has 0 saturated carbocycles. The van der Waals surface area contributed by atoms with Gasteiger partial charge in [0.05, 0.1) is 23.1 Å². The Morgan fingerprint density at radius 2 is 2.35 bits per heavy atom. The van der Waals surface area contributed by atoms with Gasteiger partial charge in [-0.15, -0.1) is 0 Å². The molecule has 0 aliphatic carbocycles. The molecule has 1 aliphatic heterocycles. The molecule has 0 bridgehead atoms. The zero-order chi connectivity index (χ0) is 12.3. The van der Waals surface area contributed by atoms with Crippen LogP contribution in [0.15, 0.2) is 47.0 Å². The lowest BCUT2D eigenvalue weighted by Gasteiger charge is -2.19. The topological polar surface area (TPSA) is 54.0 Å². The first-order valence-corrected chi connectivity index (χ1v) is 5.53. The summed E-state index contributed by atoms with van der Waals surface area (Å²) in [6.07, 6.45) is 4.51. The third-order valence-corrected chi connectivity index (χ3v) is 2.78. The minimum Gasteiger partial charge on any atom is -0.397 e. The summed E-state index contributed by atoms with van der Waals surface area (Å²) >= 11 is 0. The van der Waals surface area contributed by atoms with Crippen molar-refractivity contribution in [3.05, 3.63) is 36.9 Å². The first kappa shape index (κ1) is 11.4. The molecule has 1 heterocycles. The van der Waals surface area contributed by atoms with Gasteiger partial charge < -0.3 is 5.73 Å². The van der Waals surface area contributed by atoms with Gasteiger partial charge in [-0.25, -0.2) is 4.99 Å².